The molecule has 2 N–H and O–H groups in total. The van der Waals surface area contributed by atoms with Crippen LogP contribution >= 0.6 is 0 Å². The molecule has 1 unspecified atom stereocenters. The Morgan fingerprint density at radius 2 is 2.37 bits per heavy atom. The molecule has 1 heterocycles. The molecule has 0 spiro atoms. The number of hydrogen-bond donors (Lipinski definition) is 1. The van der Waals surface area contributed by atoms with Gasteiger partial charge in [0.25, 0.3) is 0 Å². The normalized spacial score (nSPS) is 19.2. The van der Waals surface area contributed by atoms with Crippen molar-refractivity contribution < 1.29 is 4.74 Å². The maximum absolute atomic E-state index is 8.90. The predicted octanol–water partition coefficient (Wildman–Crippen LogP) is 2.54. The van der Waals surface area contributed by atoms with E-state index in [0.717, 1.165) is 44.6 Å². The van der Waals surface area contributed by atoms with Gasteiger partial charge in [-0.15, -0.1) is 0 Å². The molecule has 1 fully saturated rings. The number of benzene rings is 1. The third-order valence-electron chi connectivity index (χ3n) is 3.46. The van der Waals surface area contributed by atoms with Crippen molar-refractivity contribution in [1.29, 1.82) is 5.26 Å². The number of rotatable bonds is 4. The third kappa shape index (κ3) is 3.39. The smallest absolute Gasteiger partial charge is 0.101 e. The fourth-order valence-electron chi connectivity index (χ4n) is 2.44. The highest BCUT2D eigenvalue weighted by Gasteiger charge is 2.20. The average Bonchev–Trinajstić information content (AvgIpc) is 2.45. The second-order valence-corrected chi connectivity index (χ2v) is 4.96. The summed E-state index contributed by atoms with van der Waals surface area (Å²) in [4.78, 5) is 2.29. The van der Waals surface area contributed by atoms with Gasteiger partial charge in [0.1, 0.15) is 6.07 Å². The van der Waals surface area contributed by atoms with Crippen molar-refractivity contribution in [3.05, 3.63) is 23.8 Å². The van der Waals surface area contributed by atoms with Gasteiger partial charge in [-0.3, -0.25) is 0 Å². The molecule has 1 saturated heterocycles. The molecular weight excluding hydrogens is 238 g/mol. The van der Waals surface area contributed by atoms with E-state index in [9.17, 15) is 0 Å². The van der Waals surface area contributed by atoms with Gasteiger partial charge in [-0.1, -0.05) is 6.92 Å². The molecule has 19 heavy (non-hydrogen) atoms. The SMILES string of the molecule is CCCOC1CCCN(c2ccc(C#N)c(N)c2)C1. The van der Waals surface area contributed by atoms with E-state index in [4.69, 9.17) is 15.7 Å². The lowest BCUT2D eigenvalue weighted by Crippen LogP contribution is -2.39. The molecule has 4 nitrogen and oxygen atoms in total. The molecule has 2 rings (SSSR count). The van der Waals surface area contributed by atoms with Crippen molar-refractivity contribution in [3.8, 4) is 6.07 Å². The van der Waals surface area contributed by atoms with Crippen molar-refractivity contribution in [2.75, 3.05) is 30.3 Å². The summed E-state index contributed by atoms with van der Waals surface area (Å²) in [6.07, 6.45) is 3.63. The number of nitriles is 1. The van der Waals surface area contributed by atoms with Gasteiger partial charge in [0.05, 0.1) is 17.4 Å². The molecule has 0 aliphatic carbocycles. The van der Waals surface area contributed by atoms with Crippen molar-refractivity contribution in [1.82, 2.24) is 0 Å². The number of nitrogen functional groups attached to an aromatic ring is 1. The van der Waals surface area contributed by atoms with Crippen LogP contribution in [0.5, 0.6) is 0 Å². The van der Waals surface area contributed by atoms with Crippen LogP contribution in [-0.2, 0) is 4.74 Å². The Kier molecular flexibility index (Phi) is 4.64. The summed E-state index contributed by atoms with van der Waals surface area (Å²) >= 11 is 0. The Balaban J connectivity index is 2.05. The fourth-order valence-corrected chi connectivity index (χ4v) is 2.44. The van der Waals surface area contributed by atoms with E-state index in [1.165, 1.54) is 0 Å². The number of ether oxygens (including phenoxy) is 1. The topological polar surface area (TPSA) is 62.3 Å². The highest BCUT2D eigenvalue weighted by atomic mass is 16.5. The summed E-state index contributed by atoms with van der Waals surface area (Å²) < 4.78 is 5.83. The Hall–Kier alpha value is -1.73. The molecule has 1 aromatic carbocycles. The number of anilines is 2. The van der Waals surface area contributed by atoms with Crippen molar-refractivity contribution >= 4 is 11.4 Å². The maximum Gasteiger partial charge on any atom is 0.101 e. The molecule has 0 amide bonds. The zero-order valence-corrected chi connectivity index (χ0v) is 11.4. The van der Waals surface area contributed by atoms with E-state index in [2.05, 4.69) is 17.9 Å². The predicted molar refractivity (Wildman–Crippen MR) is 77.0 cm³/mol. The lowest BCUT2D eigenvalue weighted by atomic mass is 10.1. The summed E-state index contributed by atoms with van der Waals surface area (Å²) in [5, 5.41) is 8.90. The first-order valence-corrected chi connectivity index (χ1v) is 6.90. The Morgan fingerprint density at radius 3 is 3.05 bits per heavy atom. The van der Waals surface area contributed by atoms with Crippen LogP contribution in [0.1, 0.15) is 31.7 Å². The molecule has 4 heteroatoms. The molecule has 0 bridgehead atoms. The second kappa shape index (κ2) is 6.44. The van der Waals surface area contributed by atoms with E-state index in [1.54, 1.807) is 6.07 Å². The van der Waals surface area contributed by atoms with E-state index in [1.807, 2.05) is 12.1 Å². The minimum absolute atomic E-state index is 0.311. The van der Waals surface area contributed by atoms with Crippen LogP contribution in [0.2, 0.25) is 0 Å². The summed E-state index contributed by atoms with van der Waals surface area (Å²) in [5.74, 6) is 0. The molecule has 102 valence electrons. The first-order chi connectivity index (χ1) is 9.24. The molecule has 0 radical (unpaired) electrons. The summed E-state index contributed by atoms with van der Waals surface area (Å²) in [5.41, 5.74) is 8.05. The number of piperidine rings is 1. The molecule has 1 aromatic rings. The quantitative estimate of drug-likeness (QED) is 0.844. The second-order valence-electron chi connectivity index (χ2n) is 4.96. The minimum Gasteiger partial charge on any atom is -0.398 e. The molecule has 0 aromatic heterocycles. The van der Waals surface area contributed by atoms with Gasteiger partial charge < -0.3 is 15.4 Å². The summed E-state index contributed by atoms with van der Waals surface area (Å²) in [6, 6.07) is 7.75. The van der Waals surface area contributed by atoms with Gasteiger partial charge >= 0.3 is 0 Å². The Bertz CT molecular complexity index is 467. The van der Waals surface area contributed by atoms with Crippen LogP contribution in [-0.4, -0.2) is 25.8 Å². The number of nitrogens with zero attached hydrogens (tertiary/aromatic N) is 2. The van der Waals surface area contributed by atoms with Gasteiger partial charge in [0.2, 0.25) is 0 Å². The standard InChI is InChI=1S/C15H21N3O/c1-2-8-19-14-4-3-7-18(11-14)13-6-5-12(10-16)15(17)9-13/h5-6,9,14H,2-4,7-8,11,17H2,1H3. The first kappa shape index (κ1) is 13.7. The Morgan fingerprint density at radius 1 is 1.53 bits per heavy atom. The van der Waals surface area contributed by atoms with E-state index in [0.29, 0.717) is 17.4 Å². The van der Waals surface area contributed by atoms with Gasteiger partial charge in [0.15, 0.2) is 0 Å². The minimum atomic E-state index is 0.311. The number of hydrogen-bond acceptors (Lipinski definition) is 4. The summed E-state index contributed by atoms with van der Waals surface area (Å²) in [6.45, 7) is 4.89. The lowest BCUT2D eigenvalue weighted by Gasteiger charge is -2.34. The largest absolute Gasteiger partial charge is 0.398 e. The Labute approximate surface area is 114 Å². The zero-order chi connectivity index (χ0) is 13.7. The van der Waals surface area contributed by atoms with E-state index < -0.39 is 0 Å². The zero-order valence-electron chi connectivity index (χ0n) is 11.4. The van der Waals surface area contributed by atoms with Crippen LogP contribution in [0.3, 0.4) is 0 Å². The van der Waals surface area contributed by atoms with Crippen LogP contribution in [0, 0.1) is 11.3 Å². The van der Waals surface area contributed by atoms with Crippen molar-refractivity contribution in [2.24, 2.45) is 0 Å². The van der Waals surface area contributed by atoms with Crippen LogP contribution in [0.15, 0.2) is 18.2 Å². The van der Waals surface area contributed by atoms with Gasteiger partial charge in [-0.25, -0.2) is 0 Å². The molecular formula is C15H21N3O. The number of nitrogens with two attached hydrogens (primary N) is 1. The van der Waals surface area contributed by atoms with E-state index >= 15 is 0 Å². The highest BCUT2D eigenvalue weighted by molar-refractivity contribution is 5.63. The third-order valence-corrected chi connectivity index (χ3v) is 3.46. The molecule has 1 aliphatic rings. The van der Waals surface area contributed by atoms with Gasteiger partial charge in [-0.05, 0) is 37.5 Å². The van der Waals surface area contributed by atoms with Gasteiger partial charge in [0, 0.05) is 25.4 Å². The lowest BCUT2D eigenvalue weighted by molar-refractivity contribution is 0.0440. The summed E-state index contributed by atoms with van der Waals surface area (Å²) in [7, 11) is 0. The molecule has 1 aliphatic heterocycles. The monoisotopic (exact) mass is 259 g/mol. The molecule has 1 atom stereocenters. The molecule has 0 saturated carbocycles. The maximum atomic E-state index is 8.90. The van der Waals surface area contributed by atoms with Crippen LogP contribution in [0.4, 0.5) is 11.4 Å². The van der Waals surface area contributed by atoms with Gasteiger partial charge in [-0.2, -0.15) is 5.26 Å². The van der Waals surface area contributed by atoms with Crippen LogP contribution < -0.4 is 10.6 Å². The van der Waals surface area contributed by atoms with Crippen LogP contribution in [0.25, 0.3) is 0 Å². The highest BCUT2D eigenvalue weighted by Crippen LogP contribution is 2.25. The first-order valence-electron chi connectivity index (χ1n) is 6.90. The van der Waals surface area contributed by atoms with E-state index in [-0.39, 0.29) is 0 Å². The van der Waals surface area contributed by atoms with Crippen molar-refractivity contribution in [2.45, 2.75) is 32.3 Å². The van der Waals surface area contributed by atoms with Crippen molar-refractivity contribution in [3.63, 3.8) is 0 Å². The fraction of sp³-hybridized carbons (Fsp3) is 0.533. The average molecular weight is 259 g/mol.